The Labute approximate surface area is 176 Å². The Kier molecular flexibility index (Phi) is 6.09. The van der Waals surface area contributed by atoms with Crippen LogP contribution in [0, 0.1) is 19.8 Å². The third-order valence-corrected chi connectivity index (χ3v) is 7.13. The molecule has 0 aliphatic heterocycles. The maximum absolute atomic E-state index is 13.4. The van der Waals surface area contributed by atoms with Crippen LogP contribution in [0.3, 0.4) is 0 Å². The molecule has 0 bridgehead atoms. The molecule has 29 heavy (non-hydrogen) atoms. The van der Waals surface area contributed by atoms with Crippen molar-refractivity contribution in [1.29, 1.82) is 0 Å². The number of carbonyl (C=O) groups excluding carboxylic acids is 2. The van der Waals surface area contributed by atoms with Crippen molar-refractivity contribution in [3.8, 4) is 5.69 Å². The number of urea groups is 1. The fraction of sp³-hybridized carbons (Fsp3) is 0.300. The Bertz CT molecular complexity index is 1140. The minimum absolute atomic E-state index is 0.122. The smallest absolute Gasteiger partial charge is 0.318 e. The van der Waals surface area contributed by atoms with Gasteiger partial charge in [0.05, 0.1) is 16.3 Å². The first-order chi connectivity index (χ1) is 13.7. The van der Waals surface area contributed by atoms with Gasteiger partial charge in [-0.25, -0.2) is 9.78 Å². The van der Waals surface area contributed by atoms with Crippen molar-refractivity contribution in [2.24, 2.45) is 11.7 Å². The number of thioether (sulfide) groups is 1. The van der Waals surface area contributed by atoms with Gasteiger partial charge >= 0.3 is 6.03 Å². The van der Waals surface area contributed by atoms with Gasteiger partial charge in [0.2, 0.25) is 5.91 Å². The van der Waals surface area contributed by atoms with Crippen LogP contribution in [0.25, 0.3) is 15.9 Å². The number of imide groups is 1. The molecule has 1 aromatic carbocycles. The van der Waals surface area contributed by atoms with Crippen LogP contribution in [0.1, 0.15) is 24.3 Å². The second-order valence-electron chi connectivity index (χ2n) is 6.97. The summed E-state index contributed by atoms with van der Waals surface area (Å²) in [5, 5.41) is 2.47. The highest BCUT2D eigenvalue weighted by Gasteiger charge is 2.28. The monoisotopic (exact) mass is 430 g/mol. The van der Waals surface area contributed by atoms with Crippen LogP contribution in [-0.2, 0) is 4.79 Å². The highest BCUT2D eigenvalue weighted by Crippen LogP contribution is 2.32. The van der Waals surface area contributed by atoms with Crippen molar-refractivity contribution in [3.05, 3.63) is 51.1 Å². The molecule has 3 rings (SSSR count). The lowest BCUT2D eigenvalue weighted by atomic mass is 10.1. The largest absolute Gasteiger partial charge is 0.351 e. The van der Waals surface area contributed by atoms with Crippen LogP contribution in [0.2, 0.25) is 0 Å². The fourth-order valence-electron chi connectivity index (χ4n) is 2.96. The van der Waals surface area contributed by atoms with Crippen molar-refractivity contribution in [1.82, 2.24) is 14.9 Å². The number of aromatic nitrogens is 2. The molecule has 1 atom stereocenters. The number of primary amides is 1. The highest BCUT2D eigenvalue weighted by atomic mass is 32.2. The van der Waals surface area contributed by atoms with Crippen molar-refractivity contribution in [2.45, 2.75) is 38.1 Å². The number of hydrogen-bond donors (Lipinski definition) is 2. The summed E-state index contributed by atoms with van der Waals surface area (Å²) in [6.45, 7) is 7.59. The zero-order chi connectivity index (χ0) is 21.3. The summed E-state index contributed by atoms with van der Waals surface area (Å²) in [6.07, 6.45) is 0. The van der Waals surface area contributed by atoms with Crippen molar-refractivity contribution in [2.75, 3.05) is 0 Å². The first-order valence-electron chi connectivity index (χ1n) is 9.05. The molecule has 152 valence electrons. The van der Waals surface area contributed by atoms with E-state index in [0.29, 0.717) is 21.1 Å². The van der Waals surface area contributed by atoms with Gasteiger partial charge in [-0.1, -0.05) is 43.8 Å². The number of carbonyl (C=O) groups is 2. The molecule has 7 nitrogen and oxygen atoms in total. The normalized spacial score (nSPS) is 12.3. The van der Waals surface area contributed by atoms with Gasteiger partial charge in [0.25, 0.3) is 5.56 Å². The number of amides is 3. The lowest BCUT2D eigenvalue weighted by molar-refractivity contribution is -0.120. The zero-order valence-corrected chi connectivity index (χ0v) is 18.2. The van der Waals surface area contributed by atoms with Crippen molar-refractivity contribution in [3.63, 3.8) is 0 Å². The molecular weight excluding hydrogens is 408 g/mol. The van der Waals surface area contributed by atoms with Crippen LogP contribution >= 0.6 is 23.1 Å². The quantitative estimate of drug-likeness (QED) is 0.477. The first-order valence-corrected chi connectivity index (χ1v) is 10.8. The summed E-state index contributed by atoms with van der Waals surface area (Å²) in [5.74, 6) is -0.632. The summed E-state index contributed by atoms with van der Waals surface area (Å²) < 4.78 is 1.53. The van der Waals surface area contributed by atoms with E-state index < -0.39 is 17.2 Å². The number of aryl methyl sites for hydroxylation is 2. The van der Waals surface area contributed by atoms with Gasteiger partial charge in [0, 0.05) is 4.88 Å². The summed E-state index contributed by atoms with van der Waals surface area (Å²) in [5.41, 5.74) is 6.51. The third-order valence-electron chi connectivity index (χ3n) is 4.53. The number of fused-ring (bicyclic) bond motifs is 1. The summed E-state index contributed by atoms with van der Waals surface area (Å²) in [4.78, 5) is 43.5. The molecule has 3 aromatic rings. The number of nitrogens with zero attached hydrogens (tertiary/aromatic N) is 2. The molecule has 0 spiro atoms. The van der Waals surface area contributed by atoms with E-state index >= 15 is 0 Å². The van der Waals surface area contributed by atoms with Gasteiger partial charge in [0.15, 0.2) is 5.16 Å². The number of hydrogen-bond acceptors (Lipinski definition) is 6. The molecule has 0 aliphatic rings. The van der Waals surface area contributed by atoms with E-state index in [1.165, 1.54) is 15.9 Å². The minimum atomic E-state index is -0.908. The third kappa shape index (κ3) is 4.20. The Morgan fingerprint density at radius 1 is 1.21 bits per heavy atom. The molecule has 3 N–H and O–H groups in total. The number of thiophene rings is 1. The van der Waals surface area contributed by atoms with E-state index in [-0.39, 0.29) is 11.5 Å². The molecule has 1 unspecified atom stereocenters. The summed E-state index contributed by atoms with van der Waals surface area (Å²) in [6, 6.07) is 8.28. The second-order valence-corrected chi connectivity index (χ2v) is 9.28. The predicted octanol–water partition coefficient (Wildman–Crippen LogP) is 3.38. The molecule has 0 saturated heterocycles. The molecule has 2 aromatic heterocycles. The summed E-state index contributed by atoms with van der Waals surface area (Å²) >= 11 is 2.60. The van der Waals surface area contributed by atoms with Crippen LogP contribution in [0.15, 0.2) is 40.3 Å². The Morgan fingerprint density at radius 2 is 1.86 bits per heavy atom. The van der Waals surface area contributed by atoms with E-state index in [2.05, 4.69) is 5.32 Å². The Morgan fingerprint density at radius 3 is 2.45 bits per heavy atom. The van der Waals surface area contributed by atoms with E-state index in [4.69, 9.17) is 10.7 Å². The van der Waals surface area contributed by atoms with Crippen molar-refractivity contribution < 1.29 is 9.59 Å². The van der Waals surface area contributed by atoms with Gasteiger partial charge < -0.3 is 5.73 Å². The van der Waals surface area contributed by atoms with Gasteiger partial charge in [0.1, 0.15) is 4.83 Å². The molecule has 3 amide bonds. The summed E-state index contributed by atoms with van der Waals surface area (Å²) in [7, 11) is 0. The minimum Gasteiger partial charge on any atom is -0.351 e. The van der Waals surface area contributed by atoms with E-state index in [1.807, 2.05) is 58.0 Å². The SMILES string of the molecule is Cc1sc2nc(SC(C(=O)NC(N)=O)C(C)C)n(-c3ccccc3)c(=O)c2c1C. The molecular formula is C20H22N4O3S2. The van der Waals surface area contributed by atoms with Gasteiger partial charge in [-0.05, 0) is 37.5 Å². The molecule has 0 fully saturated rings. The first kappa shape index (κ1) is 21.1. The number of para-hydroxylation sites is 1. The lowest BCUT2D eigenvalue weighted by Crippen LogP contribution is -2.42. The van der Waals surface area contributed by atoms with Gasteiger partial charge in [-0.2, -0.15) is 0 Å². The lowest BCUT2D eigenvalue weighted by Gasteiger charge is -2.20. The van der Waals surface area contributed by atoms with E-state index in [1.54, 1.807) is 0 Å². The second kappa shape index (κ2) is 8.38. The van der Waals surface area contributed by atoms with Gasteiger partial charge in [-0.3, -0.25) is 19.5 Å². The van der Waals surface area contributed by atoms with E-state index in [9.17, 15) is 14.4 Å². The average Bonchev–Trinajstić information content (AvgIpc) is 2.93. The Hall–Kier alpha value is -2.65. The number of nitrogens with one attached hydrogen (secondary N) is 1. The number of rotatable bonds is 5. The standard InChI is InChI=1S/C20H22N4O3S2/c1-10(2)15(16(25)22-19(21)27)29-20-23-17-14(11(3)12(4)28-17)18(26)24(20)13-8-6-5-7-9-13/h5-10,15H,1-4H3,(H3,21,22,25,27). The number of benzene rings is 1. The molecule has 9 heteroatoms. The van der Waals surface area contributed by atoms with Crippen molar-refractivity contribution >= 4 is 45.3 Å². The van der Waals surface area contributed by atoms with Crippen LogP contribution in [-0.4, -0.2) is 26.7 Å². The topological polar surface area (TPSA) is 107 Å². The maximum Gasteiger partial charge on any atom is 0.318 e. The average molecular weight is 431 g/mol. The molecule has 2 heterocycles. The predicted molar refractivity (Wildman–Crippen MR) is 117 cm³/mol. The Balaban J connectivity index is 2.21. The molecule has 0 radical (unpaired) electrons. The molecule has 0 saturated carbocycles. The maximum atomic E-state index is 13.4. The van der Waals surface area contributed by atoms with Crippen LogP contribution in [0.5, 0.6) is 0 Å². The number of nitrogens with two attached hydrogens (primary N) is 1. The fourth-order valence-corrected chi connectivity index (χ4v) is 5.14. The molecule has 0 aliphatic carbocycles. The van der Waals surface area contributed by atoms with E-state index in [0.717, 1.165) is 22.2 Å². The van der Waals surface area contributed by atoms with Gasteiger partial charge in [-0.15, -0.1) is 11.3 Å². The zero-order valence-electron chi connectivity index (χ0n) is 16.6. The highest BCUT2D eigenvalue weighted by molar-refractivity contribution is 8.00. The van der Waals surface area contributed by atoms with Crippen LogP contribution in [0.4, 0.5) is 4.79 Å². The van der Waals surface area contributed by atoms with Crippen LogP contribution < -0.4 is 16.6 Å².